The molecular weight excluding hydrogens is 600 g/mol. The fraction of sp³-hybridized carbons (Fsp3) is 0.778. The van der Waals surface area contributed by atoms with Gasteiger partial charge in [-0.1, -0.05) is 41.5 Å². The minimum atomic E-state index is -1.20. The molecule has 9 N–H and O–H groups in total. The number of aliphatic hydroxyl groups excluding tert-OH is 3. The number of carbonyl (C=O) groups is 3. The standard InChI is InChI=1S/C36H58N4O7/c1-8-12-39-13-11-33(4)26-16-24(42)30-29(34(26,5)10-9-27(33)44)25(43)17-35(6)22(15-28(45)36(30,35)7)20(3)21(18-40-32(37)38)23(41)14-19(2)31(46)47/h14,20-24,26,28,39,41-42,45H,8-13,15-18H2,1-7H3,(H,46,47)(H4,37,38,40). The number of fused-ring (bicyclic) bond motifs is 4. The van der Waals surface area contributed by atoms with E-state index >= 15 is 0 Å². The monoisotopic (exact) mass is 658 g/mol. The molecule has 264 valence electrons. The molecule has 0 aromatic carbocycles. The summed E-state index contributed by atoms with van der Waals surface area (Å²) < 4.78 is 0. The highest BCUT2D eigenvalue weighted by molar-refractivity contribution is 6.01. The van der Waals surface area contributed by atoms with Crippen molar-refractivity contribution in [2.75, 3.05) is 19.6 Å². The van der Waals surface area contributed by atoms with E-state index in [-0.39, 0.29) is 53.8 Å². The summed E-state index contributed by atoms with van der Waals surface area (Å²) in [5.74, 6) is -2.67. The maximum absolute atomic E-state index is 14.6. The number of nitrogens with two attached hydrogens (primary N) is 2. The van der Waals surface area contributed by atoms with E-state index in [1.165, 1.54) is 13.0 Å². The van der Waals surface area contributed by atoms with Gasteiger partial charge >= 0.3 is 5.97 Å². The molecule has 0 spiro atoms. The summed E-state index contributed by atoms with van der Waals surface area (Å²) in [7, 11) is 0. The fourth-order valence-electron chi connectivity index (χ4n) is 10.5. The highest BCUT2D eigenvalue weighted by Gasteiger charge is 2.70. The van der Waals surface area contributed by atoms with Gasteiger partial charge in [0.15, 0.2) is 11.7 Å². The van der Waals surface area contributed by atoms with E-state index in [1.54, 1.807) is 0 Å². The molecule has 0 amide bonds. The lowest BCUT2D eigenvalue weighted by Gasteiger charge is -2.61. The van der Waals surface area contributed by atoms with E-state index < -0.39 is 51.9 Å². The zero-order valence-corrected chi connectivity index (χ0v) is 29.3. The summed E-state index contributed by atoms with van der Waals surface area (Å²) in [4.78, 5) is 43.9. The lowest BCUT2D eigenvalue weighted by Crippen LogP contribution is -2.61. The molecule has 11 heteroatoms. The molecule has 0 heterocycles. The van der Waals surface area contributed by atoms with E-state index in [0.717, 1.165) is 13.0 Å². The summed E-state index contributed by atoms with van der Waals surface area (Å²) in [6.45, 7) is 15.1. The highest BCUT2D eigenvalue weighted by Crippen LogP contribution is 2.72. The molecule has 11 atom stereocenters. The number of hydrogen-bond donors (Lipinski definition) is 7. The van der Waals surface area contributed by atoms with E-state index in [0.29, 0.717) is 49.8 Å². The van der Waals surface area contributed by atoms with Crippen LogP contribution in [0.4, 0.5) is 0 Å². The lowest BCUT2D eigenvalue weighted by atomic mass is 9.42. The Morgan fingerprint density at radius 2 is 1.79 bits per heavy atom. The van der Waals surface area contributed by atoms with Crippen LogP contribution in [0.1, 0.15) is 93.4 Å². The van der Waals surface area contributed by atoms with E-state index in [2.05, 4.69) is 24.2 Å². The van der Waals surface area contributed by atoms with E-state index in [1.807, 2.05) is 27.7 Å². The molecule has 2 saturated carbocycles. The number of ketones is 2. The molecule has 11 unspecified atom stereocenters. The largest absolute Gasteiger partial charge is 0.478 e. The number of aliphatic carboxylic acids is 1. The molecule has 4 rings (SSSR count). The summed E-state index contributed by atoms with van der Waals surface area (Å²) in [5.41, 5.74) is 9.42. The third kappa shape index (κ3) is 5.99. The average molecular weight is 659 g/mol. The van der Waals surface area contributed by atoms with Gasteiger partial charge in [-0.25, -0.2) is 4.79 Å². The molecule has 0 aromatic heterocycles. The number of rotatable bonds is 12. The van der Waals surface area contributed by atoms with E-state index in [9.17, 15) is 34.8 Å². The zero-order valence-electron chi connectivity index (χ0n) is 29.3. The molecular formula is C36H58N4O7. The van der Waals surface area contributed by atoms with Gasteiger partial charge in [-0.05, 0) is 86.9 Å². The van der Waals surface area contributed by atoms with Gasteiger partial charge in [0.1, 0.15) is 5.78 Å². The van der Waals surface area contributed by atoms with Gasteiger partial charge in [-0.15, -0.1) is 0 Å². The molecule has 0 aliphatic heterocycles. The van der Waals surface area contributed by atoms with E-state index in [4.69, 9.17) is 11.5 Å². The number of nitrogens with zero attached hydrogens (tertiary/aromatic N) is 1. The van der Waals surface area contributed by atoms with Gasteiger partial charge < -0.3 is 37.2 Å². The van der Waals surface area contributed by atoms with Gasteiger partial charge in [0, 0.05) is 52.7 Å². The summed E-state index contributed by atoms with van der Waals surface area (Å²) in [6, 6.07) is 0. The molecule has 0 saturated heterocycles. The van der Waals surface area contributed by atoms with Gasteiger partial charge in [0.2, 0.25) is 0 Å². The zero-order chi connectivity index (χ0) is 35.3. The van der Waals surface area contributed by atoms with Crippen molar-refractivity contribution in [2.45, 2.75) is 112 Å². The van der Waals surface area contributed by atoms with Crippen LogP contribution in [0, 0.1) is 45.3 Å². The van der Waals surface area contributed by atoms with Crippen LogP contribution in [-0.2, 0) is 14.4 Å². The quantitative estimate of drug-likeness (QED) is 0.0706. The first kappa shape index (κ1) is 37.2. The second-order valence-electron chi connectivity index (χ2n) is 15.9. The minimum absolute atomic E-state index is 0.0169. The Labute approximate surface area is 279 Å². The SMILES string of the molecule is CCCNCCC1(C)C(=O)CCC2(C)C3=C(C(O)CC12)C1(C)C(O)CC(C(C)C(CN=C(N)N)C(O)C=C(C)C(=O)O)C1(C)CC3=O. The molecule has 4 aliphatic rings. The third-order valence-electron chi connectivity index (χ3n) is 13.4. The lowest BCUT2D eigenvalue weighted by molar-refractivity contribution is -0.148. The normalized spacial score (nSPS) is 39.1. The number of carboxylic acids is 1. The van der Waals surface area contributed by atoms with Crippen molar-refractivity contribution in [1.82, 2.24) is 5.32 Å². The summed E-state index contributed by atoms with van der Waals surface area (Å²) in [6.07, 6.45) is 1.49. The number of aliphatic imine (C=N–C) groups is 1. The van der Waals surface area contributed by atoms with Crippen molar-refractivity contribution in [3.05, 3.63) is 22.8 Å². The topological polar surface area (TPSA) is 209 Å². The molecule has 11 nitrogen and oxygen atoms in total. The smallest absolute Gasteiger partial charge is 0.331 e. The van der Waals surface area contributed by atoms with Crippen LogP contribution >= 0.6 is 0 Å². The minimum Gasteiger partial charge on any atom is -0.478 e. The molecule has 2 fully saturated rings. The maximum atomic E-state index is 14.6. The number of guanidine groups is 1. The van der Waals surface area contributed by atoms with Crippen LogP contribution < -0.4 is 16.8 Å². The second kappa shape index (κ2) is 13.4. The van der Waals surface area contributed by atoms with Crippen molar-refractivity contribution in [3.8, 4) is 0 Å². The number of hydrogen-bond acceptors (Lipinski definition) is 8. The van der Waals surface area contributed by atoms with Crippen molar-refractivity contribution in [1.29, 1.82) is 0 Å². The Bertz CT molecular complexity index is 1360. The maximum Gasteiger partial charge on any atom is 0.331 e. The molecule has 4 aliphatic carbocycles. The van der Waals surface area contributed by atoms with Crippen LogP contribution in [0.3, 0.4) is 0 Å². The van der Waals surface area contributed by atoms with Gasteiger partial charge in [0.25, 0.3) is 0 Å². The number of carboxylic acid groups (broad SMARTS) is 1. The first-order chi connectivity index (χ1) is 21.8. The van der Waals surface area contributed by atoms with Crippen LogP contribution in [0.2, 0.25) is 0 Å². The number of aliphatic hydroxyl groups is 3. The second-order valence-corrected chi connectivity index (χ2v) is 15.9. The van der Waals surface area contributed by atoms with Crippen LogP contribution in [-0.4, -0.2) is 81.9 Å². The predicted octanol–water partition coefficient (Wildman–Crippen LogP) is 2.71. The van der Waals surface area contributed by atoms with Crippen LogP contribution in [0.25, 0.3) is 0 Å². The van der Waals surface area contributed by atoms with Crippen molar-refractivity contribution < 1.29 is 34.8 Å². The van der Waals surface area contributed by atoms with Crippen molar-refractivity contribution >= 4 is 23.5 Å². The average Bonchev–Trinajstić information content (AvgIpc) is 3.19. The first-order valence-electron chi connectivity index (χ1n) is 17.3. The number of nitrogens with one attached hydrogen (secondary N) is 1. The number of Topliss-reactive ketones (excluding diaryl/α,β-unsaturated/α-hetero) is 2. The third-order valence-corrected chi connectivity index (χ3v) is 13.4. The Morgan fingerprint density at radius 1 is 1.13 bits per heavy atom. The van der Waals surface area contributed by atoms with Gasteiger partial charge in [0.05, 0.1) is 18.3 Å². The summed E-state index contributed by atoms with van der Waals surface area (Å²) in [5, 5.41) is 48.3. The Hall–Kier alpha value is -2.60. The highest BCUT2D eigenvalue weighted by atomic mass is 16.4. The molecule has 0 bridgehead atoms. The Balaban J connectivity index is 1.79. The molecule has 47 heavy (non-hydrogen) atoms. The molecule has 0 aromatic rings. The van der Waals surface area contributed by atoms with Gasteiger partial charge in [-0.3, -0.25) is 14.6 Å². The molecule has 0 radical (unpaired) electrons. The fourth-order valence-corrected chi connectivity index (χ4v) is 10.5. The Kier molecular flexibility index (Phi) is 10.6. The number of allylic oxidation sites excluding steroid dienone is 1. The van der Waals surface area contributed by atoms with Crippen LogP contribution in [0.5, 0.6) is 0 Å². The first-order valence-corrected chi connectivity index (χ1v) is 17.3. The van der Waals surface area contributed by atoms with Crippen molar-refractivity contribution in [3.63, 3.8) is 0 Å². The van der Waals surface area contributed by atoms with Gasteiger partial charge in [-0.2, -0.15) is 0 Å². The predicted molar refractivity (Wildman–Crippen MR) is 180 cm³/mol. The van der Waals surface area contributed by atoms with Crippen LogP contribution in [0.15, 0.2) is 27.8 Å². The van der Waals surface area contributed by atoms with Crippen molar-refractivity contribution in [2.24, 2.45) is 61.8 Å². The number of carbonyl (C=O) groups excluding carboxylic acids is 2. The Morgan fingerprint density at radius 3 is 2.38 bits per heavy atom. The summed E-state index contributed by atoms with van der Waals surface area (Å²) >= 11 is 0.